The molecular weight excluding hydrogens is 258 g/mol. The molecule has 0 saturated heterocycles. The number of benzene rings is 1. The first-order chi connectivity index (χ1) is 10.4. The Labute approximate surface area is 126 Å². The summed E-state index contributed by atoms with van der Waals surface area (Å²) in [5, 5.41) is 0. The highest BCUT2D eigenvalue weighted by Gasteiger charge is 2.24. The van der Waals surface area contributed by atoms with Crippen molar-refractivity contribution >= 4 is 0 Å². The van der Waals surface area contributed by atoms with Crippen LogP contribution in [0.2, 0.25) is 0 Å². The van der Waals surface area contributed by atoms with E-state index in [1.165, 1.54) is 29.7 Å². The van der Waals surface area contributed by atoms with Gasteiger partial charge in [-0.25, -0.2) is 9.97 Å². The van der Waals surface area contributed by atoms with Crippen molar-refractivity contribution in [2.75, 3.05) is 6.54 Å². The zero-order valence-corrected chi connectivity index (χ0v) is 12.3. The third-order valence-corrected chi connectivity index (χ3v) is 4.49. The molecule has 2 aromatic rings. The van der Waals surface area contributed by atoms with Crippen LogP contribution >= 0.6 is 0 Å². The first kappa shape index (κ1) is 13.0. The highest BCUT2D eigenvalue weighted by molar-refractivity contribution is 5.22. The van der Waals surface area contributed by atoms with Crippen molar-refractivity contribution in [1.29, 1.82) is 0 Å². The van der Waals surface area contributed by atoms with E-state index in [4.69, 9.17) is 4.98 Å². The number of hydrogen-bond acceptors (Lipinski definition) is 3. The molecule has 0 unspecified atom stereocenters. The summed E-state index contributed by atoms with van der Waals surface area (Å²) in [5.41, 5.74) is 3.98. The third-order valence-electron chi connectivity index (χ3n) is 4.49. The van der Waals surface area contributed by atoms with Gasteiger partial charge in [-0.05, 0) is 36.3 Å². The molecule has 1 aliphatic carbocycles. The summed E-state index contributed by atoms with van der Waals surface area (Å²) in [6, 6.07) is 10.7. The molecule has 0 radical (unpaired) electrons. The third kappa shape index (κ3) is 3.13. The van der Waals surface area contributed by atoms with Gasteiger partial charge in [-0.3, -0.25) is 4.90 Å². The SMILES string of the molecule is c1ccc(CN2CCc3cnc(CC4CC4)nc3C2)cc1. The van der Waals surface area contributed by atoms with Crippen LogP contribution in [-0.4, -0.2) is 21.4 Å². The largest absolute Gasteiger partial charge is 0.293 e. The lowest BCUT2D eigenvalue weighted by atomic mass is 10.1. The van der Waals surface area contributed by atoms with E-state index in [2.05, 4.69) is 46.4 Å². The van der Waals surface area contributed by atoms with E-state index in [9.17, 15) is 0 Å². The van der Waals surface area contributed by atoms with Gasteiger partial charge in [-0.2, -0.15) is 0 Å². The number of fused-ring (bicyclic) bond motifs is 1. The van der Waals surface area contributed by atoms with Crippen LogP contribution in [0.5, 0.6) is 0 Å². The van der Waals surface area contributed by atoms with E-state index in [1.54, 1.807) is 0 Å². The molecule has 3 nitrogen and oxygen atoms in total. The van der Waals surface area contributed by atoms with E-state index >= 15 is 0 Å². The molecule has 0 bridgehead atoms. The highest BCUT2D eigenvalue weighted by atomic mass is 15.1. The Morgan fingerprint density at radius 1 is 1.14 bits per heavy atom. The van der Waals surface area contributed by atoms with Gasteiger partial charge in [0.05, 0.1) is 5.69 Å². The van der Waals surface area contributed by atoms with Gasteiger partial charge in [0.25, 0.3) is 0 Å². The van der Waals surface area contributed by atoms with Crippen molar-refractivity contribution in [2.45, 2.75) is 38.8 Å². The first-order valence-corrected chi connectivity index (χ1v) is 7.97. The fourth-order valence-electron chi connectivity index (χ4n) is 3.05. The van der Waals surface area contributed by atoms with E-state index in [0.29, 0.717) is 0 Å². The van der Waals surface area contributed by atoms with Gasteiger partial charge in [-0.1, -0.05) is 30.3 Å². The second kappa shape index (κ2) is 5.57. The average molecular weight is 279 g/mol. The Balaban J connectivity index is 1.47. The number of hydrogen-bond donors (Lipinski definition) is 0. The van der Waals surface area contributed by atoms with Crippen molar-refractivity contribution in [1.82, 2.24) is 14.9 Å². The second-order valence-corrected chi connectivity index (χ2v) is 6.35. The van der Waals surface area contributed by atoms with Crippen LogP contribution in [0, 0.1) is 5.92 Å². The van der Waals surface area contributed by atoms with Crippen molar-refractivity contribution < 1.29 is 0 Å². The Hall–Kier alpha value is -1.74. The summed E-state index contributed by atoms with van der Waals surface area (Å²) in [6.07, 6.45) is 6.94. The molecular formula is C18H21N3. The van der Waals surface area contributed by atoms with Crippen LogP contribution in [0.3, 0.4) is 0 Å². The van der Waals surface area contributed by atoms with Gasteiger partial charge in [-0.15, -0.1) is 0 Å². The second-order valence-electron chi connectivity index (χ2n) is 6.35. The van der Waals surface area contributed by atoms with Crippen molar-refractivity contribution in [3.63, 3.8) is 0 Å². The van der Waals surface area contributed by atoms with Crippen LogP contribution in [-0.2, 0) is 25.9 Å². The Morgan fingerprint density at radius 2 is 2.00 bits per heavy atom. The lowest BCUT2D eigenvalue weighted by Crippen LogP contribution is -2.31. The smallest absolute Gasteiger partial charge is 0.128 e. The molecule has 1 saturated carbocycles. The standard InChI is InChI=1S/C18H21N3/c1-2-4-15(5-3-1)12-21-9-8-16-11-19-18(10-14-6-7-14)20-17(16)13-21/h1-5,11,14H,6-10,12-13H2. The van der Waals surface area contributed by atoms with Crippen LogP contribution < -0.4 is 0 Å². The normalized spacial score (nSPS) is 18.5. The zero-order valence-electron chi connectivity index (χ0n) is 12.3. The van der Waals surface area contributed by atoms with E-state index in [0.717, 1.165) is 44.2 Å². The minimum atomic E-state index is 0.854. The highest BCUT2D eigenvalue weighted by Crippen LogP contribution is 2.32. The Morgan fingerprint density at radius 3 is 2.81 bits per heavy atom. The van der Waals surface area contributed by atoms with Gasteiger partial charge >= 0.3 is 0 Å². The van der Waals surface area contributed by atoms with Crippen LogP contribution in [0.4, 0.5) is 0 Å². The number of rotatable bonds is 4. The maximum atomic E-state index is 4.83. The molecule has 1 aromatic carbocycles. The first-order valence-electron chi connectivity index (χ1n) is 7.97. The van der Waals surface area contributed by atoms with Crippen LogP contribution in [0.15, 0.2) is 36.5 Å². The van der Waals surface area contributed by atoms with Gasteiger partial charge in [0, 0.05) is 32.3 Å². The molecule has 1 fully saturated rings. The quantitative estimate of drug-likeness (QED) is 0.861. The molecule has 1 aromatic heterocycles. The van der Waals surface area contributed by atoms with Crippen LogP contribution in [0.25, 0.3) is 0 Å². The van der Waals surface area contributed by atoms with Gasteiger partial charge in [0.2, 0.25) is 0 Å². The fraction of sp³-hybridized carbons (Fsp3) is 0.444. The molecule has 0 N–H and O–H groups in total. The van der Waals surface area contributed by atoms with Crippen LogP contribution in [0.1, 0.15) is 35.5 Å². The average Bonchev–Trinajstić information content (AvgIpc) is 3.32. The van der Waals surface area contributed by atoms with Crippen molar-refractivity contribution in [3.05, 3.63) is 59.2 Å². The maximum Gasteiger partial charge on any atom is 0.128 e. The molecule has 108 valence electrons. The van der Waals surface area contributed by atoms with E-state index < -0.39 is 0 Å². The summed E-state index contributed by atoms with van der Waals surface area (Å²) in [7, 11) is 0. The summed E-state index contributed by atoms with van der Waals surface area (Å²) in [6.45, 7) is 3.08. The lowest BCUT2D eigenvalue weighted by molar-refractivity contribution is 0.240. The predicted octanol–water partition coefficient (Wildman–Crippen LogP) is 2.99. The molecule has 4 rings (SSSR count). The van der Waals surface area contributed by atoms with Gasteiger partial charge in [0.1, 0.15) is 5.82 Å². The van der Waals surface area contributed by atoms with Crippen molar-refractivity contribution in [3.8, 4) is 0 Å². The summed E-state index contributed by atoms with van der Waals surface area (Å²) in [5.74, 6) is 1.91. The number of nitrogens with zero attached hydrogens (tertiary/aromatic N) is 3. The van der Waals surface area contributed by atoms with E-state index in [1.807, 2.05) is 0 Å². The maximum absolute atomic E-state index is 4.83. The minimum Gasteiger partial charge on any atom is -0.293 e. The number of aromatic nitrogens is 2. The molecule has 3 heteroatoms. The topological polar surface area (TPSA) is 29.0 Å². The van der Waals surface area contributed by atoms with Crippen molar-refractivity contribution in [2.24, 2.45) is 5.92 Å². The Kier molecular flexibility index (Phi) is 3.44. The molecule has 0 amide bonds. The molecule has 2 heterocycles. The van der Waals surface area contributed by atoms with Gasteiger partial charge < -0.3 is 0 Å². The zero-order chi connectivity index (χ0) is 14.1. The predicted molar refractivity (Wildman–Crippen MR) is 82.7 cm³/mol. The lowest BCUT2D eigenvalue weighted by Gasteiger charge is -2.28. The fourth-order valence-corrected chi connectivity index (χ4v) is 3.05. The minimum absolute atomic E-state index is 0.854. The molecule has 1 aliphatic heterocycles. The molecule has 0 spiro atoms. The van der Waals surface area contributed by atoms with Gasteiger partial charge in [0.15, 0.2) is 0 Å². The molecule has 0 atom stereocenters. The molecule has 2 aliphatic rings. The van der Waals surface area contributed by atoms with E-state index in [-0.39, 0.29) is 0 Å². The monoisotopic (exact) mass is 279 g/mol. The summed E-state index contributed by atoms with van der Waals surface area (Å²) in [4.78, 5) is 11.9. The molecule has 21 heavy (non-hydrogen) atoms. The Bertz CT molecular complexity index is 620. The summed E-state index contributed by atoms with van der Waals surface area (Å²) >= 11 is 0. The summed E-state index contributed by atoms with van der Waals surface area (Å²) < 4.78 is 0.